The van der Waals surface area contributed by atoms with Crippen LogP contribution in [0.1, 0.15) is 22.8 Å². The van der Waals surface area contributed by atoms with Gasteiger partial charge in [-0.3, -0.25) is 5.32 Å². The number of rotatable bonds is 7. The fourth-order valence-corrected chi connectivity index (χ4v) is 2.02. The van der Waals surface area contributed by atoms with Crippen molar-refractivity contribution < 1.29 is 23.8 Å². The lowest BCUT2D eigenvalue weighted by Gasteiger charge is -2.09. The van der Waals surface area contributed by atoms with Crippen molar-refractivity contribution in [3.05, 3.63) is 59.7 Å². The van der Waals surface area contributed by atoms with Crippen LogP contribution in [0.5, 0.6) is 5.75 Å². The van der Waals surface area contributed by atoms with Crippen LogP contribution in [0.3, 0.4) is 0 Å². The van der Waals surface area contributed by atoms with Gasteiger partial charge < -0.3 is 14.2 Å². The number of carbonyl (C=O) groups is 2. The highest BCUT2D eigenvalue weighted by molar-refractivity contribution is 5.92. The average Bonchev–Trinajstić information content (AvgIpc) is 2.60. The molecule has 6 heteroatoms. The largest absolute Gasteiger partial charge is 0.490 e. The number of hydrogen-bond donors (Lipinski definition) is 1. The lowest BCUT2D eigenvalue weighted by Crippen LogP contribution is -2.15. The van der Waals surface area contributed by atoms with E-state index >= 15 is 0 Å². The molecule has 1 amide bonds. The maximum absolute atomic E-state index is 12.0. The highest BCUT2D eigenvalue weighted by atomic mass is 16.6. The van der Waals surface area contributed by atoms with Gasteiger partial charge in [-0.05, 0) is 44.2 Å². The van der Waals surface area contributed by atoms with Crippen molar-refractivity contribution in [2.45, 2.75) is 13.8 Å². The smallest absolute Gasteiger partial charge is 0.411 e. The van der Waals surface area contributed by atoms with Gasteiger partial charge in [0.2, 0.25) is 0 Å². The van der Waals surface area contributed by atoms with Gasteiger partial charge in [0, 0.05) is 5.69 Å². The first kappa shape index (κ1) is 18.3. The normalized spacial score (nSPS) is 10.0. The van der Waals surface area contributed by atoms with E-state index in [9.17, 15) is 9.59 Å². The van der Waals surface area contributed by atoms with Gasteiger partial charge in [0.1, 0.15) is 19.0 Å². The molecule has 0 aliphatic heterocycles. The van der Waals surface area contributed by atoms with E-state index in [4.69, 9.17) is 14.2 Å². The third kappa shape index (κ3) is 6.18. The van der Waals surface area contributed by atoms with Crippen LogP contribution in [0, 0.1) is 6.92 Å². The molecule has 0 aromatic heterocycles. The molecule has 0 aliphatic carbocycles. The number of nitrogens with one attached hydrogen (secondary N) is 1. The van der Waals surface area contributed by atoms with Crippen LogP contribution in [0.15, 0.2) is 48.5 Å². The fraction of sp³-hybridized carbons (Fsp3) is 0.263. The van der Waals surface area contributed by atoms with Crippen LogP contribution in [0.25, 0.3) is 0 Å². The van der Waals surface area contributed by atoms with Gasteiger partial charge >= 0.3 is 12.1 Å². The number of aryl methyl sites for hydroxylation is 1. The zero-order valence-corrected chi connectivity index (χ0v) is 14.3. The Morgan fingerprint density at radius 2 is 1.76 bits per heavy atom. The first-order valence-electron chi connectivity index (χ1n) is 7.99. The van der Waals surface area contributed by atoms with Crippen LogP contribution in [-0.2, 0) is 9.47 Å². The number of ether oxygens (including phenoxy) is 3. The zero-order valence-electron chi connectivity index (χ0n) is 14.3. The number of anilines is 1. The second kappa shape index (κ2) is 9.32. The molecule has 0 atom stereocenters. The summed E-state index contributed by atoms with van der Waals surface area (Å²) in [4.78, 5) is 23.4. The highest BCUT2D eigenvalue weighted by Gasteiger charge is 2.09. The zero-order chi connectivity index (χ0) is 18.1. The van der Waals surface area contributed by atoms with Gasteiger partial charge in [-0.1, -0.05) is 23.8 Å². The Labute approximate surface area is 146 Å². The predicted molar refractivity (Wildman–Crippen MR) is 94.0 cm³/mol. The minimum atomic E-state index is -0.570. The first-order valence-corrected chi connectivity index (χ1v) is 7.99. The number of esters is 1. The molecule has 2 rings (SSSR count). The van der Waals surface area contributed by atoms with Crippen LogP contribution < -0.4 is 10.1 Å². The van der Waals surface area contributed by atoms with Crippen molar-refractivity contribution in [3.63, 3.8) is 0 Å². The summed E-state index contributed by atoms with van der Waals surface area (Å²) in [6.45, 7) is 4.37. The molecular formula is C19H21NO5. The van der Waals surface area contributed by atoms with Crippen LogP contribution in [-0.4, -0.2) is 31.9 Å². The standard InChI is InChI=1S/C19H21NO5/c1-3-23-19(22)20-16-6-4-5-15(13-16)18(21)25-12-11-24-17-9-7-14(2)8-10-17/h4-10,13H,3,11-12H2,1-2H3,(H,20,22). The molecule has 0 radical (unpaired) electrons. The molecule has 1 N–H and O–H groups in total. The van der Waals surface area contributed by atoms with Crippen molar-refractivity contribution in [2.24, 2.45) is 0 Å². The molecule has 2 aromatic carbocycles. The molecule has 25 heavy (non-hydrogen) atoms. The van der Waals surface area contributed by atoms with E-state index in [-0.39, 0.29) is 19.8 Å². The highest BCUT2D eigenvalue weighted by Crippen LogP contribution is 2.13. The minimum absolute atomic E-state index is 0.127. The Kier molecular flexibility index (Phi) is 6.83. The summed E-state index contributed by atoms with van der Waals surface area (Å²) in [6.07, 6.45) is -0.570. The molecule has 0 spiro atoms. The molecule has 2 aromatic rings. The van der Waals surface area contributed by atoms with Crippen molar-refractivity contribution in [1.82, 2.24) is 0 Å². The molecule has 0 saturated heterocycles. The molecule has 0 fully saturated rings. The second-order valence-corrected chi connectivity index (χ2v) is 5.22. The Balaban J connectivity index is 1.80. The van der Waals surface area contributed by atoms with Crippen LogP contribution in [0.2, 0.25) is 0 Å². The van der Waals surface area contributed by atoms with Crippen LogP contribution in [0.4, 0.5) is 10.5 Å². The summed E-state index contributed by atoms with van der Waals surface area (Å²) >= 11 is 0. The fourth-order valence-electron chi connectivity index (χ4n) is 2.02. The van der Waals surface area contributed by atoms with Crippen molar-refractivity contribution >= 4 is 17.7 Å². The first-order chi connectivity index (χ1) is 12.1. The molecular weight excluding hydrogens is 322 g/mol. The summed E-state index contributed by atoms with van der Waals surface area (Å²) in [5, 5.41) is 2.54. The Bertz CT molecular complexity index is 712. The molecule has 0 aliphatic rings. The van der Waals surface area contributed by atoms with E-state index in [0.717, 1.165) is 11.3 Å². The van der Waals surface area contributed by atoms with Gasteiger partial charge in [0.15, 0.2) is 0 Å². The van der Waals surface area contributed by atoms with E-state index in [1.54, 1.807) is 25.1 Å². The van der Waals surface area contributed by atoms with Crippen molar-refractivity contribution in [2.75, 3.05) is 25.1 Å². The summed E-state index contributed by atoms with van der Waals surface area (Å²) in [6, 6.07) is 14.1. The van der Waals surface area contributed by atoms with E-state index in [0.29, 0.717) is 11.3 Å². The third-order valence-corrected chi connectivity index (χ3v) is 3.23. The summed E-state index contributed by atoms with van der Waals surface area (Å²) in [7, 11) is 0. The molecule has 0 heterocycles. The lowest BCUT2D eigenvalue weighted by atomic mass is 10.2. The van der Waals surface area contributed by atoms with Crippen molar-refractivity contribution in [1.29, 1.82) is 0 Å². The quantitative estimate of drug-likeness (QED) is 0.611. The number of benzene rings is 2. The topological polar surface area (TPSA) is 73.9 Å². The van der Waals surface area contributed by atoms with Crippen molar-refractivity contribution in [3.8, 4) is 5.75 Å². The minimum Gasteiger partial charge on any atom is -0.490 e. The second-order valence-electron chi connectivity index (χ2n) is 5.22. The van der Waals surface area contributed by atoms with E-state index < -0.39 is 12.1 Å². The maximum Gasteiger partial charge on any atom is 0.411 e. The Hall–Kier alpha value is -3.02. The summed E-state index contributed by atoms with van der Waals surface area (Å²) in [5.41, 5.74) is 1.95. The van der Waals surface area contributed by atoms with Gasteiger partial charge in [-0.25, -0.2) is 9.59 Å². The summed E-state index contributed by atoms with van der Waals surface area (Å²) < 4.78 is 15.5. The summed E-state index contributed by atoms with van der Waals surface area (Å²) in [5.74, 6) is 0.238. The number of carbonyl (C=O) groups excluding carboxylic acids is 2. The molecule has 6 nitrogen and oxygen atoms in total. The molecule has 0 unspecified atom stereocenters. The monoisotopic (exact) mass is 343 g/mol. The number of amides is 1. The van der Waals surface area contributed by atoms with Gasteiger partial charge in [-0.2, -0.15) is 0 Å². The average molecular weight is 343 g/mol. The Morgan fingerprint density at radius 1 is 1.00 bits per heavy atom. The lowest BCUT2D eigenvalue weighted by molar-refractivity contribution is 0.0450. The SMILES string of the molecule is CCOC(=O)Nc1cccc(C(=O)OCCOc2ccc(C)cc2)c1. The predicted octanol–water partition coefficient (Wildman–Crippen LogP) is 3.80. The van der Waals surface area contributed by atoms with Gasteiger partial charge in [-0.15, -0.1) is 0 Å². The van der Waals surface area contributed by atoms with Crippen LogP contribution >= 0.6 is 0 Å². The maximum atomic E-state index is 12.0. The van der Waals surface area contributed by atoms with Gasteiger partial charge in [0.05, 0.1) is 12.2 Å². The molecule has 0 saturated carbocycles. The molecule has 132 valence electrons. The molecule has 0 bridgehead atoms. The van der Waals surface area contributed by atoms with E-state index in [1.807, 2.05) is 31.2 Å². The van der Waals surface area contributed by atoms with E-state index in [2.05, 4.69) is 5.32 Å². The Morgan fingerprint density at radius 3 is 2.48 bits per heavy atom. The third-order valence-electron chi connectivity index (χ3n) is 3.23. The number of hydrogen-bond acceptors (Lipinski definition) is 5. The van der Waals surface area contributed by atoms with Gasteiger partial charge in [0.25, 0.3) is 0 Å². The van der Waals surface area contributed by atoms with E-state index in [1.165, 1.54) is 6.07 Å².